The summed E-state index contributed by atoms with van der Waals surface area (Å²) in [4.78, 5) is 14.6. The highest BCUT2D eigenvalue weighted by atomic mass is 32.2. The van der Waals surface area contributed by atoms with Gasteiger partial charge in [0.05, 0.1) is 5.75 Å². The third-order valence-electron chi connectivity index (χ3n) is 4.62. The van der Waals surface area contributed by atoms with E-state index >= 15 is 0 Å². The number of benzene rings is 2. The van der Waals surface area contributed by atoms with Crippen LogP contribution in [-0.4, -0.2) is 31.1 Å². The lowest BCUT2D eigenvalue weighted by Gasteiger charge is -2.29. The van der Waals surface area contributed by atoms with Crippen LogP contribution in [0.4, 0.5) is 10.5 Å². The average molecular weight is 405 g/mol. The molecule has 0 aliphatic rings. The van der Waals surface area contributed by atoms with E-state index in [-0.39, 0.29) is 23.6 Å². The summed E-state index contributed by atoms with van der Waals surface area (Å²) in [6.07, 6.45) is 0.817. The summed E-state index contributed by atoms with van der Waals surface area (Å²) in [6, 6.07) is 14.3. The number of para-hydroxylation sites is 1. The highest BCUT2D eigenvalue weighted by molar-refractivity contribution is 7.87. The van der Waals surface area contributed by atoms with Gasteiger partial charge in [-0.2, -0.15) is 8.42 Å². The average Bonchev–Trinajstić information content (AvgIpc) is 2.68. The molecule has 1 atom stereocenters. The maximum atomic E-state index is 12.9. The molecular weight excluding hydrogens is 376 g/mol. The van der Waals surface area contributed by atoms with E-state index in [1.54, 1.807) is 29.2 Å². The second-order valence-electron chi connectivity index (χ2n) is 6.70. The van der Waals surface area contributed by atoms with Crippen LogP contribution in [0.3, 0.4) is 0 Å². The van der Waals surface area contributed by atoms with Gasteiger partial charge in [-0.05, 0) is 56.5 Å². The van der Waals surface area contributed by atoms with Crippen molar-refractivity contribution >= 4 is 21.8 Å². The summed E-state index contributed by atoms with van der Waals surface area (Å²) >= 11 is 0. The number of anilines is 1. The number of nitrogens with zero attached hydrogens (tertiary/aromatic N) is 1. The van der Waals surface area contributed by atoms with E-state index in [4.69, 9.17) is 4.18 Å². The van der Waals surface area contributed by atoms with Crippen LogP contribution < -0.4 is 9.50 Å². The van der Waals surface area contributed by atoms with Gasteiger partial charge >= 0.3 is 16.1 Å². The molecule has 0 spiro atoms. The summed E-state index contributed by atoms with van der Waals surface area (Å²) in [7, 11) is -3.55. The molecule has 152 valence electrons. The molecule has 2 amide bonds. The molecular formula is C21H28N2O4S. The van der Waals surface area contributed by atoms with Crippen LogP contribution in [-0.2, 0) is 16.7 Å². The highest BCUT2D eigenvalue weighted by Gasteiger charge is 2.20. The van der Waals surface area contributed by atoms with Gasteiger partial charge in [-0.1, -0.05) is 37.3 Å². The molecule has 28 heavy (non-hydrogen) atoms. The topological polar surface area (TPSA) is 75.7 Å². The fourth-order valence-electron chi connectivity index (χ4n) is 2.60. The van der Waals surface area contributed by atoms with E-state index in [2.05, 4.69) is 5.32 Å². The minimum atomic E-state index is -3.55. The number of urea groups is 1. The van der Waals surface area contributed by atoms with Crippen molar-refractivity contribution in [3.05, 3.63) is 59.7 Å². The van der Waals surface area contributed by atoms with Gasteiger partial charge < -0.3 is 14.4 Å². The Balaban J connectivity index is 2.13. The van der Waals surface area contributed by atoms with Crippen LogP contribution in [0.2, 0.25) is 0 Å². The van der Waals surface area contributed by atoms with Crippen LogP contribution >= 0.6 is 0 Å². The molecule has 2 rings (SSSR count). The maximum absolute atomic E-state index is 12.9. The molecule has 0 radical (unpaired) electrons. The Morgan fingerprint density at radius 3 is 2.32 bits per heavy atom. The molecule has 0 aliphatic heterocycles. The van der Waals surface area contributed by atoms with Crippen molar-refractivity contribution in [1.82, 2.24) is 4.90 Å². The van der Waals surface area contributed by atoms with E-state index in [0.29, 0.717) is 6.54 Å². The number of amides is 2. The molecule has 7 heteroatoms. The van der Waals surface area contributed by atoms with Crippen LogP contribution in [0.15, 0.2) is 48.5 Å². The molecule has 0 heterocycles. The lowest BCUT2D eigenvalue weighted by Crippen LogP contribution is -2.40. The lowest BCUT2D eigenvalue weighted by atomic mass is 10.1. The Kier molecular flexibility index (Phi) is 7.45. The Morgan fingerprint density at radius 2 is 1.75 bits per heavy atom. The summed E-state index contributed by atoms with van der Waals surface area (Å²) in [6.45, 7) is 7.93. The van der Waals surface area contributed by atoms with E-state index in [9.17, 15) is 13.2 Å². The summed E-state index contributed by atoms with van der Waals surface area (Å²) in [5, 5.41) is 2.98. The van der Waals surface area contributed by atoms with E-state index in [0.717, 1.165) is 23.2 Å². The van der Waals surface area contributed by atoms with Gasteiger partial charge in [0.1, 0.15) is 5.75 Å². The lowest BCUT2D eigenvalue weighted by molar-refractivity contribution is 0.187. The molecule has 0 aliphatic carbocycles. The molecule has 2 aromatic rings. The Bertz CT molecular complexity index is 895. The van der Waals surface area contributed by atoms with E-state index < -0.39 is 10.1 Å². The van der Waals surface area contributed by atoms with Gasteiger partial charge in [0.25, 0.3) is 0 Å². The van der Waals surface area contributed by atoms with Crippen molar-refractivity contribution in [3.8, 4) is 5.75 Å². The number of hydrogen-bond acceptors (Lipinski definition) is 4. The maximum Gasteiger partial charge on any atom is 0.322 e. The summed E-state index contributed by atoms with van der Waals surface area (Å²) in [5.74, 6) is 0.181. The minimum Gasteiger partial charge on any atom is -0.382 e. The molecule has 0 saturated heterocycles. The molecule has 0 aromatic heterocycles. The van der Waals surface area contributed by atoms with E-state index in [1.807, 2.05) is 45.0 Å². The minimum absolute atomic E-state index is 0.0421. The molecule has 6 nitrogen and oxygen atoms in total. The molecule has 0 unspecified atom stereocenters. The Labute approximate surface area is 167 Å². The second-order valence-corrected chi connectivity index (χ2v) is 8.56. The number of carbonyl (C=O) groups is 1. The fourth-order valence-corrected chi connectivity index (χ4v) is 3.12. The molecule has 0 fully saturated rings. The summed E-state index contributed by atoms with van der Waals surface area (Å²) < 4.78 is 28.1. The van der Waals surface area contributed by atoms with Gasteiger partial charge in [0, 0.05) is 18.3 Å². The van der Waals surface area contributed by atoms with Crippen LogP contribution in [0.1, 0.15) is 38.3 Å². The normalized spacial score (nSPS) is 12.3. The molecule has 0 bridgehead atoms. The van der Waals surface area contributed by atoms with E-state index in [1.165, 1.54) is 6.92 Å². The zero-order valence-electron chi connectivity index (χ0n) is 16.8. The highest BCUT2D eigenvalue weighted by Crippen LogP contribution is 2.19. The first-order valence-corrected chi connectivity index (χ1v) is 11.0. The number of nitrogens with one attached hydrogen (secondary N) is 1. The number of carbonyl (C=O) groups excluding carboxylic acids is 1. The Hall–Kier alpha value is -2.54. The predicted octanol–water partition coefficient (Wildman–Crippen LogP) is 4.56. The summed E-state index contributed by atoms with van der Waals surface area (Å²) in [5.41, 5.74) is 2.68. The van der Waals surface area contributed by atoms with Gasteiger partial charge in [-0.25, -0.2) is 4.79 Å². The third kappa shape index (κ3) is 5.99. The van der Waals surface area contributed by atoms with Crippen molar-refractivity contribution in [1.29, 1.82) is 0 Å². The zero-order valence-corrected chi connectivity index (χ0v) is 17.6. The SMILES string of the molecule is CC[C@H](C)N(Cc1ccc(OS(=O)(=O)CC)cc1)C(=O)Nc1ccccc1C. The largest absolute Gasteiger partial charge is 0.382 e. The van der Waals surface area contributed by atoms with Gasteiger partial charge in [-0.15, -0.1) is 0 Å². The first-order valence-electron chi connectivity index (χ1n) is 9.40. The fraction of sp³-hybridized carbons (Fsp3) is 0.381. The quantitative estimate of drug-likeness (QED) is 0.655. The van der Waals surface area contributed by atoms with Crippen LogP contribution in [0.25, 0.3) is 0 Å². The number of hydrogen-bond donors (Lipinski definition) is 1. The zero-order chi connectivity index (χ0) is 20.7. The number of aryl methyl sites for hydroxylation is 1. The molecule has 1 N–H and O–H groups in total. The van der Waals surface area contributed by atoms with Crippen molar-refractivity contribution in [2.24, 2.45) is 0 Å². The first kappa shape index (κ1) is 21.8. The smallest absolute Gasteiger partial charge is 0.322 e. The van der Waals surface area contributed by atoms with Crippen LogP contribution in [0, 0.1) is 6.92 Å². The first-order chi connectivity index (χ1) is 13.3. The molecule has 2 aromatic carbocycles. The van der Waals surface area contributed by atoms with Crippen molar-refractivity contribution in [2.45, 2.75) is 46.7 Å². The number of rotatable bonds is 8. The third-order valence-corrected chi connectivity index (χ3v) is 5.78. The van der Waals surface area contributed by atoms with Crippen LogP contribution in [0.5, 0.6) is 5.75 Å². The second kappa shape index (κ2) is 9.59. The van der Waals surface area contributed by atoms with Crippen molar-refractivity contribution in [3.63, 3.8) is 0 Å². The predicted molar refractivity (Wildman–Crippen MR) is 112 cm³/mol. The Morgan fingerprint density at radius 1 is 1.11 bits per heavy atom. The van der Waals surface area contributed by atoms with Gasteiger partial charge in [0.2, 0.25) is 0 Å². The van der Waals surface area contributed by atoms with Gasteiger partial charge in [-0.3, -0.25) is 0 Å². The van der Waals surface area contributed by atoms with Gasteiger partial charge in [0.15, 0.2) is 0 Å². The monoisotopic (exact) mass is 404 g/mol. The van der Waals surface area contributed by atoms with Crippen molar-refractivity contribution < 1.29 is 17.4 Å². The standard InChI is InChI=1S/C21H28N2O4S/c1-5-17(4)23(21(24)22-20-10-8-7-9-16(20)3)15-18-11-13-19(14-12-18)27-28(25,26)6-2/h7-14,17H,5-6,15H2,1-4H3,(H,22,24)/t17-/m0/s1. The van der Waals surface area contributed by atoms with Crippen molar-refractivity contribution in [2.75, 3.05) is 11.1 Å². The molecule has 0 saturated carbocycles.